The fraction of sp³-hybridized carbons (Fsp3) is 0.346. The molecule has 186 valence electrons. The van der Waals surface area contributed by atoms with Gasteiger partial charge in [0.1, 0.15) is 11.6 Å². The van der Waals surface area contributed by atoms with Crippen molar-refractivity contribution >= 4 is 22.7 Å². The summed E-state index contributed by atoms with van der Waals surface area (Å²) in [6.45, 7) is 16.4. The molecule has 0 aliphatic heterocycles. The summed E-state index contributed by atoms with van der Waals surface area (Å²) in [7, 11) is 0. The van der Waals surface area contributed by atoms with Crippen molar-refractivity contribution in [3.05, 3.63) is 93.1 Å². The molecule has 0 radical (unpaired) electrons. The smallest absolute Gasteiger partial charge is 0.287 e. The lowest BCUT2D eigenvalue weighted by Gasteiger charge is -2.23. The molecule has 0 aliphatic rings. The highest BCUT2D eigenvalue weighted by Crippen LogP contribution is 2.25. The maximum absolute atomic E-state index is 10.7. The first-order valence-corrected chi connectivity index (χ1v) is 11.4. The van der Waals surface area contributed by atoms with Gasteiger partial charge in [0, 0.05) is 55.2 Å². The summed E-state index contributed by atoms with van der Waals surface area (Å²) < 4.78 is 0. The van der Waals surface area contributed by atoms with Crippen LogP contribution in [0.2, 0.25) is 0 Å². The van der Waals surface area contributed by atoms with E-state index in [0.29, 0.717) is 13.1 Å². The average molecular weight is 480 g/mol. The van der Waals surface area contributed by atoms with Crippen molar-refractivity contribution in [2.75, 3.05) is 36.0 Å². The zero-order valence-electron chi connectivity index (χ0n) is 20.6. The molecular weight excluding hydrogens is 446 g/mol. The normalized spacial score (nSPS) is 9.77. The molecule has 0 aliphatic carbocycles. The lowest BCUT2D eigenvalue weighted by atomic mass is 10.1. The fourth-order valence-electron chi connectivity index (χ4n) is 3.43. The van der Waals surface area contributed by atoms with E-state index < -0.39 is 4.92 Å². The van der Waals surface area contributed by atoms with E-state index in [4.69, 9.17) is 5.26 Å². The lowest BCUT2D eigenvalue weighted by Crippen LogP contribution is -2.23. The topological polar surface area (TPSA) is 117 Å². The zero-order valence-corrected chi connectivity index (χ0v) is 20.6. The summed E-state index contributed by atoms with van der Waals surface area (Å²) >= 11 is 0. The standard InChI is InChI=1S/C13H13N3O2.C13H20N2O2/c1-3-7-15(8-4-2)12-5-6-13(16(17)18)11(9-12)10-14;1-4-6-9-14(5-2)12-7-8-13(15(16)17)11(3)10-12/h3-6,9H,1-2,7-8H2;7-8,10H,4-6,9H2,1-3H3. The van der Waals surface area contributed by atoms with E-state index in [0.717, 1.165) is 42.9 Å². The summed E-state index contributed by atoms with van der Waals surface area (Å²) in [5.41, 5.74) is 2.60. The van der Waals surface area contributed by atoms with Gasteiger partial charge in [-0.3, -0.25) is 20.2 Å². The van der Waals surface area contributed by atoms with Crippen LogP contribution in [0.25, 0.3) is 0 Å². The number of hydrogen-bond donors (Lipinski definition) is 0. The van der Waals surface area contributed by atoms with Crippen LogP contribution in [-0.4, -0.2) is 36.0 Å². The molecule has 0 spiro atoms. The second-order valence-electron chi connectivity index (χ2n) is 7.71. The predicted molar refractivity (Wildman–Crippen MR) is 141 cm³/mol. The molecule has 0 saturated carbocycles. The van der Waals surface area contributed by atoms with Crippen molar-refractivity contribution < 1.29 is 9.85 Å². The van der Waals surface area contributed by atoms with Gasteiger partial charge in [0.05, 0.1) is 9.85 Å². The monoisotopic (exact) mass is 479 g/mol. The number of nitriles is 1. The van der Waals surface area contributed by atoms with Crippen LogP contribution in [0.1, 0.15) is 37.8 Å². The molecule has 0 aromatic heterocycles. The van der Waals surface area contributed by atoms with Gasteiger partial charge < -0.3 is 9.80 Å². The number of hydrogen-bond acceptors (Lipinski definition) is 7. The molecule has 2 aromatic carbocycles. The summed E-state index contributed by atoms with van der Waals surface area (Å²) in [6.07, 6.45) is 5.74. The minimum atomic E-state index is -0.562. The van der Waals surface area contributed by atoms with E-state index in [2.05, 4.69) is 31.9 Å². The zero-order chi connectivity index (χ0) is 26.4. The maximum Gasteiger partial charge on any atom is 0.287 e. The van der Waals surface area contributed by atoms with Crippen LogP contribution >= 0.6 is 0 Å². The molecule has 0 unspecified atom stereocenters. The molecule has 0 N–H and O–H groups in total. The SMILES string of the molecule is C=CCN(CC=C)c1ccc([N+](=O)[O-])c(C#N)c1.CCCCN(CC)c1ccc([N+](=O)[O-])c(C)c1. The Morgan fingerprint density at radius 3 is 1.91 bits per heavy atom. The fourth-order valence-corrected chi connectivity index (χ4v) is 3.43. The number of benzene rings is 2. The molecule has 2 rings (SSSR count). The van der Waals surface area contributed by atoms with Crippen LogP contribution in [0.5, 0.6) is 0 Å². The molecule has 0 saturated heterocycles. The molecule has 0 bridgehead atoms. The van der Waals surface area contributed by atoms with Crippen molar-refractivity contribution in [1.82, 2.24) is 0 Å². The molecule has 9 nitrogen and oxygen atoms in total. The molecular formula is C26H33N5O4. The van der Waals surface area contributed by atoms with Gasteiger partial charge in [0.25, 0.3) is 11.4 Å². The minimum absolute atomic E-state index is 0.0515. The Labute approximate surface area is 206 Å². The van der Waals surface area contributed by atoms with Crippen LogP contribution in [0, 0.1) is 38.5 Å². The van der Waals surface area contributed by atoms with E-state index in [1.165, 1.54) is 12.1 Å². The van der Waals surface area contributed by atoms with Gasteiger partial charge >= 0.3 is 0 Å². The third-order valence-corrected chi connectivity index (χ3v) is 5.27. The first kappa shape index (κ1) is 28.8. The van der Waals surface area contributed by atoms with E-state index in [1.807, 2.05) is 23.1 Å². The van der Waals surface area contributed by atoms with E-state index in [9.17, 15) is 20.2 Å². The Kier molecular flexibility index (Phi) is 12.2. The van der Waals surface area contributed by atoms with E-state index >= 15 is 0 Å². The Morgan fingerprint density at radius 2 is 1.49 bits per heavy atom. The highest BCUT2D eigenvalue weighted by molar-refractivity contribution is 5.60. The second-order valence-corrected chi connectivity index (χ2v) is 7.71. The highest BCUT2D eigenvalue weighted by Gasteiger charge is 2.15. The van der Waals surface area contributed by atoms with Gasteiger partial charge in [-0.15, -0.1) is 13.2 Å². The van der Waals surface area contributed by atoms with Crippen molar-refractivity contribution in [1.29, 1.82) is 5.26 Å². The Bertz CT molecular complexity index is 1070. The second kappa shape index (κ2) is 14.9. The van der Waals surface area contributed by atoms with Crippen molar-refractivity contribution in [2.24, 2.45) is 0 Å². The first-order valence-electron chi connectivity index (χ1n) is 11.4. The molecule has 2 aromatic rings. The summed E-state index contributed by atoms with van der Waals surface area (Å²) in [4.78, 5) is 24.7. The summed E-state index contributed by atoms with van der Waals surface area (Å²) in [6, 6.07) is 11.6. The van der Waals surface area contributed by atoms with Gasteiger partial charge in [-0.1, -0.05) is 25.5 Å². The average Bonchev–Trinajstić information content (AvgIpc) is 2.84. The molecule has 0 atom stereocenters. The van der Waals surface area contributed by atoms with Gasteiger partial charge in [0.15, 0.2) is 0 Å². The number of nitro benzene ring substituents is 2. The summed E-state index contributed by atoms with van der Waals surface area (Å²) in [5, 5.41) is 30.4. The summed E-state index contributed by atoms with van der Waals surface area (Å²) in [5.74, 6) is 0. The number of anilines is 2. The third-order valence-electron chi connectivity index (χ3n) is 5.27. The van der Waals surface area contributed by atoms with Crippen LogP contribution < -0.4 is 9.80 Å². The number of nitro groups is 2. The van der Waals surface area contributed by atoms with Gasteiger partial charge in [-0.05, 0) is 44.5 Å². The van der Waals surface area contributed by atoms with Crippen LogP contribution in [0.3, 0.4) is 0 Å². The van der Waals surface area contributed by atoms with E-state index in [-0.39, 0.29) is 21.9 Å². The minimum Gasteiger partial charge on any atom is -0.372 e. The lowest BCUT2D eigenvalue weighted by molar-refractivity contribution is -0.385. The third kappa shape index (κ3) is 8.59. The van der Waals surface area contributed by atoms with Gasteiger partial charge in [-0.2, -0.15) is 5.26 Å². The number of unbranched alkanes of at least 4 members (excludes halogenated alkanes) is 1. The largest absolute Gasteiger partial charge is 0.372 e. The molecule has 9 heteroatoms. The number of nitrogens with zero attached hydrogens (tertiary/aromatic N) is 5. The Hall–Kier alpha value is -4.19. The Morgan fingerprint density at radius 1 is 0.943 bits per heavy atom. The van der Waals surface area contributed by atoms with Crippen LogP contribution in [0.15, 0.2) is 61.7 Å². The van der Waals surface area contributed by atoms with Gasteiger partial charge in [-0.25, -0.2) is 0 Å². The maximum atomic E-state index is 10.7. The van der Waals surface area contributed by atoms with E-state index in [1.54, 1.807) is 31.2 Å². The first-order chi connectivity index (χ1) is 16.7. The van der Waals surface area contributed by atoms with Crippen molar-refractivity contribution in [2.45, 2.75) is 33.6 Å². The number of rotatable bonds is 12. The van der Waals surface area contributed by atoms with Crippen LogP contribution in [-0.2, 0) is 0 Å². The Balaban J connectivity index is 0.000000351. The predicted octanol–water partition coefficient (Wildman–Crippen LogP) is 6.17. The molecule has 0 amide bonds. The highest BCUT2D eigenvalue weighted by atomic mass is 16.6. The number of aryl methyl sites for hydroxylation is 1. The molecule has 0 heterocycles. The quantitative estimate of drug-likeness (QED) is 0.203. The molecule has 35 heavy (non-hydrogen) atoms. The van der Waals surface area contributed by atoms with Gasteiger partial charge in [0.2, 0.25) is 0 Å². The molecule has 0 fully saturated rings. The van der Waals surface area contributed by atoms with Crippen molar-refractivity contribution in [3.8, 4) is 6.07 Å². The van der Waals surface area contributed by atoms with Crippen LogP contribution in [0.4, 0.5) is 22.7 Å². The van der Waals surface area contributed by atoms with Crippen molar-refractivity contribution in [3.63, 3.8) is 0 Å².